The fourth-order valence-corrected chi connectivity index (χ4v) is 3.82. The van der Waals surface area contributed by atoms with Crippen LogP contribution in [0.2, 0.25) is 0 Å². The normalized spacial score (nSPS) is 11.9. The number of H-pyrrole nitrogens is 1. The molecule has 0 spiro atoms. The molecule has 2 aromatic carbocycles. The third-order valence-corrected chi connectivity index (χ3v) is 5.07. The van der Waals surface area contributed by atoms with Crippen LogP contribution in [0.1, 0.15) is 43.3 Å². The molecule has 4 aromatic rings. The van der Waals surface area contributed by atoms with E-state index in [0.29, 0.717) is 6.42 Å². The van der Waals surface area contributed by atoms with E-state index in [1.54, 1.807) is 17.9 Å². The number of aryl methyl sites for hydroxylation is 2. The fourth-order valence-electron chi connectivity index (χ4n) is 3.82. The van der Waals surface area contributed by atoms with Crippen molar-refractivity contribution in [2.45, 2.75) is 46.6 Å². The molecule has 0 fully saturated rings. The molecular weight excluding hydrogens is 378 g/mol. The number of nitrogens with zero attached hydrogens (tertiary/aromatic N) is 2. The summed E-state index contributed by atoms with van der Waals surface area (Å²) >= 11 is 0. The van der Waals surface area contributed by atoms with E-state index in [4.69, 9.17) is 14.5 Å². The zero-order valence-corrected chi connectivity index (χ0v) is 18.3. The van der Waals surface area contributed by atoms with Crippen LogP contribution in [0.25, 0.3) is 21.9 Å². The molecule has 0 aliphatic heterocycles. The van der Waals surface area contributed by atoms with Gasteiger partial charge in [-0.25, -0.2) is 9.78 Å². The molecular formula is C24H27N3O3. The number of methoxy groups -OCH3 is 1. The summed E-state index contributed by atoms with van der Waals surface area (Å²) in [6.45, 7) is 9.62. The van der Waals surface area contributed by atoms with Gasteiger partial charge < -0.3 is 14.5 Å². The Bertz CT molecular complexity index is 1260. The Morgan fingerprint density at radius 2 is 1.93 bits per heavy atom. The largest absolute Gasteiger partial charge is 0.496 e. The Labute approximate surface area is 175 Å². The first-order valence-corrected chi connectivity index (χ1v) is 10.0. The molecule has 0 bridgehead atoms. The van der Waals surface area contributed by atoms with Crippen LogP contribution in [0.3, 0.4) is 0 Å². The van der Waals surface area contributed by atoms with E-state index in [0.717, 1.165) is 44.6 Å². The minimum atomic E-state index is -0.566. The second-order valence-corrected chi connectivity index (χ2v) is 8.68. The van der Waals surface area contributed by atoms with Gasteiger partial charge in [0.2, 0.25) is 0 Å². The van der Waals surface area contributed by atoms with Gasteiger partial charge in [0.1, 0.15) is 17.2 Å². The van der Waals surface area contributed by atoms with Crippen molar-refractivity contribution in [3.63, 3.8) is 0 Å². The summed E-state index contributed by atoms with van der Waals surface area (Å²) in [5.74, 6) is 1.63. The van der Waals surface area contributed by atoms with E-state index in [1.165, 1.54) is 5.56 Å². The maximum atomic E-state index is 12.8. The average Bonchev–Trinajstić information content (AvgIpc) is 3.26. The lowest BCUT2D eigenvalue weighted by atomic mass is 10.0. The fraction of sp³-hybridized carbons (Fsp3) is 0.333. The summed E-state index contributed by atoms with van der Waals surface area (Å²) in [6, 6.07) is 10.1. The number of hydrogen-bond acceptors (Lipinski definition) is 4. The summed E-state index contributed by atoms with van der Waals surface area (Å²) in [4.78, 5) is 20.9. The van der Waals surface area contributed by atoms with Crippen molar-refractivity contribution in [2.75, 3.05) is 7.11 Å². The van der Waals surface area contributed by atoms with Crippen LogP contribution in [-0.4, -0.2) is 33.3 Å². The Balaban J connectivity index is 1.82. The van der Waals surface area contributed by atoms with Crippen molar-refractivity contribution in [2.24, 2.45) is 0 Å². The molecule has 6 nitrogen and oxygen atoms in total. The summed E-state index contributed by atoms with van der Waals surface area (Å²) in [5, 5.41) is 0.953. The summed E-state index contributed by atoms with van der Waals surface area (Å²) in [7, 11) is 1.66. The molecule has 2 heterocycles. The van der Waals surface area contributed by atoms with E-state index < -0.39 is 11.7 Å². The molecule has 0 amide bonds. The molecule has 1 N–H and O–H groups in total. The third-order valence-electron chi connectivity index (χ3n) is 5.07. The Morgan fingerprint density at radius 1 is 1.17 bits per heavy atom. The predicted molar refractivity (Wildman–Crippen MR) is 118 cm³/mol. The average molecular weight is 405 g/mol. The number of carbonyl (C=O) groups excluding carboxylic acids is 1. The minimum Gasteiger partial charge on any atom is -0.496 e. The van der Waals surface area contributed by atoms with Gasteiger partial charge in [0.15, 0.2) is 0 Å². The molecule has 0 radical (unpaired) electrons. The topological polar surface area (TPSA) is 69.1 Å². The number of ether oxygens (including phenoxy) is 2. The van der Waals surface area contributed by atoms with Crippen LogP contribution >= 0.6 is 0 Å². The number of aromatic amines is 1. The van der Waals surface area contributed by atoms with Gasteiger partial charge in [-0.2, -0.15) is 0 Å². The van der Waals surface area contributed by atoms with Crippen LogP contribution in [0.5, 0.6) is 5.75 Å². The quantitative estimate of drug-likeness (QED) is 0.487. The van der Waals surface area contributed by atoms with Gasteiger partial charge in [0.25, 0.3) is 0 Å². The second kappa shape index (κ2) is 7.20. The molecule has 0 atom stereocenters. The lowest BCUT2D eigenvalue weighted by molar-refractivity contribution is 0.0544. The Morgan fingerprint density at radius 3 is 2.63 bits per heavy atom. The van der Waals surface area contributed by atoms with E-state index in [9.17, 15) is 4.79 Å². The summed E-state index contributed by atoms with van der Waals surface area (Å²) in [5.41, 5.74) is 5.32. The molecule has 0 unspecified atom stereocenters. The maximum Gasteiger partial charge on any atom is 0.419 e. The van der Waals surface area contributed by atoms with Gasteiger partial charge in [0.05, 0.1) is 23.7 Å². The van der Waals surface area contributed by atoms with Crippen molar-refractivity contribution in [1.29, 1.82) is 0 Å². The number of hydrogen-bond donors (Lipinski definition) is 1. The third kappa shape index (κ3) is 3.65. The van der Waals surface area contributed by atoms with Crippen LogP contribution in [0.15, 0.2) is 36.5 Å². The van der Waals surface area contributed by atoms with Gasteiger partial charge in [-0.15, -0.1) is 0 Å². The van der Waals surface area contributed by atoms with Gasteiger partial charge in [-0.3, -0.25) is 4.57 Å². The highest BCUT2D eigenvalue weighted by Crippen LogP contribution is 2.34. The standard InChI is InChI=1S/C24H27N3O3/c1-14-7-8-18-19(11-14)26-21(25-18)13-17-16-9-10-27(23(28)30-24(3,4)5)22(16)15(2)12-20(17)29-6/h7-12H,13H2,1-6H3,(H,25,26). The highest BCUT2D eigenvalue weighted by molar-refractivity contribution is 5.95. The van der Waals surface area contributed by atoms with Crippen LogP contribution < -0.4 is 4.74 Å². The number of carbonyl (C=O) groups is 1. The first-order valence-electron chi connectivity index (χ1n) is 10.0. The summed E-state index contributed by atoms with van der Waals surface area (Å²) in [6.07, 6.45) is 1.93. The monoisotopic (exact) mass is 405 g/mol. The van der Waals surface area contributed by atoms with Gasteiger partial charge in [-0.05, 0) is 70.0 Å². The number of fused-ring (bicyclic) bond motifs is 2. The number of nitrogens with one attached hydrogen (secondary N) is 1. The van der Waals surface area contributed by atoms with Crippen molar-refractivity contribution in [3.8, 4) is 5.75 Å². The van der Waals surface area contributed by atoms with Gasteiger partial charge >= 0.3 is 6.09 Å². The highest BCUT2D eigenvalue weighted by atomic mass is 16.6. The smallest absolute Gasteiger partial charge is 0.419 e. The predicted octanol–water partition coefficient (Wildman–Crippen LogP) is 5.52. The SMILES string of the molecule is COc1cc(C)c2c(ccn2C(=O)OC(C)(C)C)c1Cc1nc2ccc(C)cc2[nH]1. The van der Waals surface area contributed by atoms with E-state index >= 15 is 0 Å². The first-order chi connectivity index (χ1) is 14.2. The molecule has 156 valence electrons. The lowest BCUT2D eigenvalue weighted by Crippen LogP contribution is -2.26. The zero-order valence-electron chi connectivity index (χ0n) is 18.3. The van der Waals surface area contributed by atoms with Crippen LogP contribution in [-0.2, 0) is 11.2 Å². The number of imidazole rings is 1. The van der Waals surface area contributed by atoms with Gasteiger partial charge in [0, 0.05) is 23.6 Å². The highest BCUT2D eigenvalue weighted by Gasteiger charge is 2.22. The first kappa shape index (κ1) is 20.0. The molecule has 2 aromatic heterocycles. The van der Waals surface area contributed by atoms with Crippen molar-refractivity contribution < 1.29 is 14.3 Å². The second-order valence-electron chi connectivity index (χ2n) is 8.68. The molecule has 0 aliphatic carbocycles. The van der Waals surface area contributed by atoms with Gasteiger partial charge in [-0.1, -0.05) is 6.07 Å². The molecule has 6 heteroatoms. The molecule has 0 aliphatic rings. The summed E-state index contributed by atoms with van der Waals surface area (Å²) < 4.78 is 12.8. The minimum absolute atomic E-state index is 0.393. The van der Waals surface area contributed by atoms with Crippen molar-refractivity contribution >= 4 is 28.0 Å². The Hall–Kier alpha value is -3.28. The zero-order chi connectivity index (χ0) is 21.6. The van der Waals surface area contributed by atoms with E-state index in [2.05, 4.69) is 24.0 Å². The lowest BCUT2D eigenvalue weighted by Gasteiger charge is -2.20. The van der Waals surface area contributed by atoms with E-state index in [-0.39, 0.29) is 0 Å². The Kier molecular flexibility index (Phi) is 4.80. The van der Waals surface area contributed by atoms with Crippen LogP contribution in [0, 0.1) is 13.8 Å². The molecule has 30 heavy (non-hydrogen) atoms. The maximum absolute atomic E-state index is 12.8. The number of rotatable bonds is 3. The number of benzene rings is 2. The van der Waals surface area contributed by atoms with E-state index in [1.807, 2.05) is 45.9 Å². The molecule has 4 rings (SSSR count). The number of aromatic nitrogens is 3. The molecule has 0 saturated heterocycles. The van der Waals surface area contributed by atoms with Crippen LogP contribution in [0.4, 0.5) is 4.79 Å². The van der Waals surface area contributed by atoms with Crippen molar-refractivity contribution in [3.05, 3.63) is 59.0 Å². The molecule has 0 saturated carbocycles. The van der Waals surface area contributed by atoms with Crippen molar-refractivity contribution in [1.82, 2.24) is 14.5 Å².